The van der Waals surface area contributed by atoms with Crippen molar-refractivity contribution >= 4 is 23.4 Å². The summed E-state index contributed by atoms with van der Waals surface area (Å²) in [6.07, 6.45) is 0. The molecule has 0 atom stereocenters. The monoisotopic (exact) mass is 351 g/mol. The summed E-state index contributed by atoms with van der Waals surface area (Å²) in [5, 5.41) is 10.0. The number of anilines is 2. The Labute approximate surface area is 149 Å². The lowest BCUT2D eigenvalue weighted by atomic mass is 10.1. The van der Waals surface area contributed by atoms with E-state index in [1.807, 2.05) is 36.4 Å². The minimum Gasteiger partial charge on any atom is -0.488 e. The molecule has 0 aliphatic heterocycles. The highest BCUT2D eigenvalue weighted by Gasteiger charge is 2.16. The number of nitrogen functional groups attached to an aromatic ring is 2. The van der Waals surface area contributed by atoms with Crippen LogP contribution in [-0.4, -0.2) is 9.97 Å². The highest BCUT2D eigenvalue weighted by atomic mass is 35.5. The quantitative estimate of drug-likeness (QED) is 0.745. The second kappa shape index (κ2) is 7.07. The summed E-state index contributed by atoms with van der Waals surface area (Å²) < 4.78 is 5.90. The van der Waals surface area contributed by atoms with Gasteiger partial charge in [-0.25, -0.2) is 4.98 Å². The lowest BCUT2D eigenvalue weighted by Gasteiger charge is -2.13. The van der Waals surface area contributed by atoms with Crippen LogP contribution in [0.15, 0.2) is 48.5 Å². The number of hydrogen-bond donors (Lipinski definition) is 2. The molecule has 2 aromatic carbocycles. The van der Waals surface area contributed by atoms with E-state index in [4.69, 9.17) is 27.8 Å². The van der Waals surface area contributed by atoms with Gasteiger partial charge in [-0.05, 0) is 29.8 Å². The summed E-state index contributed by atoms with van der Waals surface area (Å²) in [4.78, 5) is 8.00. The van der Waals surface area contributed by atoms with Gasteiger partial charge >= 0.3 is 0 Å². The van der Waals surface area contributed by atoms with Gasteiger partial charge in [-0.1, -0.05) is 35.9 Å². The second-order valence-corrected chi connectivity index (χ2v) is 5.65. The van der Waals surface area contributed by atoms with Crippen molar-refractivity contribution in [1.29, 1.82) is 5.26 Å². The van der Waals surface area contributed by atoms with Crippen molar-refractivity contribution in [2.75, 3.05) is 11.5 Å². The lowest BCUT2D eigenvalue weighted by Crippen LogP contribution is -2.06. The number of nitrogens with zero attached hydrogens (tertiary/aromatic N) is 3. The van der Waals surface area contributed by atoms with E-state index in [2.05, 4.69) is 9.97 Å². The molecule has 0 amide bonds. The number of nitriles is 1. The predicted octanol–water partition coefficient (Wildman–Crippen LogP) is 3.41. The first-order valence-corrected chi connectivity index (χ1v) is 7.76. The maximum absolute atomic E-state index is 9.37. The van der Waals surface area contributed by atoms with Crippen LogP contribution >= 0.6 is 11.6 Å². The molecule has 7 heteroatoms. The fraction of sp³-hybridized carbons (Fsp3) is 0.0556. The number of hydrogen-bond acceptors (Lipinski definition) is 6. The van der Waals surface area contributed by atoms with Crippen molar-refractivity contribution < 1.29 is 4.74 Å². The summed E-state index contributed by atoms with van der Waals surface area (Å²) >= 11 is 5.99. The highest BCUT2D eigenvalue weighted by Crippen LogP contribution is 2.33. The molecule has 3 rings (SSSR count). The standard InChI is InChI=1S/C18H14ClN5O/c19-12-5-3-4-11(8-12)10-25-15-7-2-1-6-13(15)16-14(9-20)17(21)24-18(22)23-16/h1-8H,10H2,(H4,21,22,23,24). The van der Waals surface area contributed by atoms with Gasteiger partial charge in [-0.15, -0.1) is 0 Å². The van der Waals surface area contributed by atoms with E-state index in [1.54, 1.807) is 18.2 Å². The molecule has 1 aromatic heterocycles. The summed E-state index contributed by atoms with van der Waals surface area (Å²) in [5.41, 5.74) is 13.5. The van der Waals surface area contributed by atoms with E-state index >= 15 is 0 Å². The van der Waals surface area contributed by atoms with Gasteiger partial charge in [0, 0.05) is 10.6 Å². The number of ether oxygens (including phenoxy) is 1. The van der Waals surface area contributed by atoms with Gasteiger partial charge < -0.3 is 16.2 Å². The first kappa shape index (κ1) is 16.6. The molecule has 124 valence electrons. The van der Waals surface area contributed by atoms with E-state index < -0.39 is 0 Å². The van der Waals surface area contributed by atoms with Crippen LogP contribution in [0.3, 0.4) is 0 Å². The Hall–Kier alpha value is -3.30. The van der Waals surface area contributed by atoms with Crippen molar-refractivity contribution in [1.82, 2.24) is 9.97 Å². The van der Waals surface area contributed by atoms with E-state index in [-0.39, 0.29) is 17.3 Å². The molecule has 6 nitrogen and oxygen atoms in total. The number of aromatic nitrogens is 2. The van der Waals surface area contributed by atoms with Gasteiger partial charge in [0.25, 0.3) is 0 Å². The van der Waals surface area contributed by atoms with Gasteiger partial charge in [0.05, 0.1) is 5.69 Å². The Morgan fingerprint density at radius 3 is 2.64 bits per heavy atom. The lowest BCUT2D eigenvalue weighted by molar-refractivity contribution is 0.307. The van der Waals surface area contributed by atoms with Gasteiger partial charge in [0.15, 0.2) is 0 Å². The molecule has 0 saturated carbocycles. The maximum atomic E-state index is 9.37. The maximum Gasteiger partial charge on any atom is 0.222 e. The molecule has 25 heavy (non-hydrogen) atoms. The molecule has 0 aliphatic rings. The van der Waals surface area contributed by atoms with Crippen LogP contribution in [0.4, 0.5) is 11.8 Å². The van der Waals surface area contributed by atoms with E-state index in [0.29, 0.717) is 28.6 Å². The average Bonchev–Trinajstić information content (AvgIpc) is 2.60. The second-order valence-electron chi connectivity index (χ2n) is 5.22. The fourth-order valence-corrected chi connectivity index (χ4v) is 2.59. The molecule has 3 aromatic rings. The molecule has 0 fully saturated rings. The minimum atomic E-state index is -0.00357. The molecule has 0 radical (unpaired) electrons. The molecule has 1 heterocycles. The van der Waals surface area contributed by atoms with E-state index in [1.165, 1.54) is 0 Å². The predicted molar refractivity (Wildman–Crippen MR) is 96.8 cm³/mol. The Morgan fingerprint density at radius 2 is 1.88 bits per heavy atom. The topological polar surface area (TPSA) is 111 Å². The summed E-state index contributed by atoms with van der Waals surface area (Å²) in [7, 11) is 0. The zero-order valence-corrected chi connectivity index (χ0v) is 13.9. The largest absolute Gasteiger partial charge is 0.488 e. The van der Waals surface area contributed by atoms with Gasteiger partial charge in [0.2, 0.25) is 5.95 Å². The molecule has 0 aliphatic carbocycles. The number of nitrogens with two attached hydrogens (primary N) is 2. The summed E-state index contributed by atoms with van der Waals surface area (Å²) in [6.45, 7) is 0.315. The third kappa shape index (κ3) is 3.62. The van der Waals surface area contributed by atoms with Crippen LogP contribution < -0.4 is 16.2 Å². The first-order chi connectivity index (χ1) is 12.1. The number of halogens is 1. The normalized spacial score (nSPS) is 10.2. The fourth-order valence-electron chi connectivity index (χ4n) is 2.38. The number of para-hydroxylation sites is 1. The minimum absolute atomic E-state index is 0.00357. The van der Waals surface area contributed by atoms with Crippen LogP contribution in [0, 0.1) is 11.3 Å². The zero-order chi connectivity index (χ0) is 17.8. The van der Waals surface area contributed by atoms with E-state index in [9.17, 15) is 5.26 Å². The Morgan fingerprint density at radius 1 is 1.08 bits per heavy atom. The van der Waals surface area contributed by atoms with Crippen LogP contribution in [0.25, 0.3) is 11.3 Å². The average molecular weight is 352 g/mol. The number of rotatable bonds is 4. The summed E-state index contributed by atoms with van der Waals surface area (Å²) in [5.74, 6) is 0.585. The zero-order valence-electron chi connectivity index (χ0n) is 13.1. The van der Waals surface area contributed by atoms with Crippen molar-refractivity contribution in [2.24, 2.45) is 0 Å². The van der Waals surface area contributed by atoms with Gasteiger partial charge in [-0.2, -0.15) is 10.2 Å². The van der Waals surface area contributed by atoms with Gasteiger partial charge in [0.1, 0.15) is 29.8 Å². The van der Waals surface area contributed by atoms with Crippen molar-refractivity contribution in [3.63, 3.8) is 0 Å². The van der Waals surface area contributed by atoms with Crippen molar-refractivity contribution in [3.8, 4) is 23.1 Å². The summed E-state index contributed by atoms with van der Waals surface area (Å²) in [6, 6.07) is 16.6. The molecular formula is C18H14ClN5O. The molecule has 4 N–H and O–H groups in total. The Bertz CT molecular complexity index is 968. The molecule has 0 bridgehead atoms. The Balaban J connectivity index is 1.99. The van der Waals surface area contributed by atoms with E-state index in [0.717, 1.165) is 5.56 Å². The Kier molecular flexibility index (Phi) is 4.68. The van der Waals surface area contributed by atoms with Crippen molar-refractivity contribution in [2.45, 2.75) is 6.61 Å². The number of benzene rings is 2. The highest BCUT2D eigenvalue weighted by molar-refractivity contribution is 6.30. The van der Waals surface area contributed by atoms with Crippen molar-refractivity contribution in [3.05, 3.63) is 64.7 Å². The SMILES string of the molecule is N#Cc1c(N)nc(N)nc1-c1ccccc1OCc1cccc(Cl)c1. The molecule has 0 saturated heterocycles. The first-order valence-electron chi connectivity index (χ1n) is 7.38. The molecule has 0 spiro atoms. The third-order valence-electron chi connectivity index (χ3n) is 3.49. The third-order valence-corrected chi connectivity index (χ3v) is 3.73. The smallest absolute Gasteiger partial charge is 0.222 e. The van der Waals surface area contributed by atoms with Crippen LogP contribution in [0.5, 0.6) is 5.75 Å². The van der Waals surface area contributed by atoms with Gasteiger partial charge in [-0.3, -0.25) is 0 Å². The van der Waals surface area contributed by atoms with Crippen LogP contribution in [0.1, 0.15) is 11.1 Å². The molecule has 0 unspecified atom stereocenters. The van der Waals surface area contributed by atoms with Crippen LogP contribution in [-0.2, 0) is 6.61 Å². The van der Waals surface area contributed by atoms with Crippen LogP contribution in [0.2, 0.25) is 5.02 Å². The molecular weight excluding hydrogens is 338 g/mol.